The number of nitrogens with one attached hydrogen (secondary N) is 1. The van der Waals surface area contributed by atoms with Gasteiger partial charge in [-0.2, -0.15) is 0 Å². The van der Waals surface area contributed by atoms with Gasteiger partial charge in [-0.05, 0) is 30.5 Å². The second-order valence-electron chi connectivity index (χ2n) is 5.29. The van der Waals surface area contributed by atoms with Gasteiger partial charge in [0.2, 0.25) is 0 Å². The molecule has 3 nitrogen and oxygen atoms in total. The Bertz CT molecular complexity index is 393. The Morgan fingerprint density at radius 2 is 1.89 bits per heavy atom. The van der Waals surface area contributed by atoms with Gasteiger partial charge in [-0.1, -0.05) is 24.3 Å². The van der Waals surface area contributed by atoms with Gasteiger partial charge in [-0.25, -0.2) is 0 Å². The van der Waals surface area contributed by atoms with Crippen LogP contribution in [0.25, 0.3) is 0 Å². The van der Waals surface area contributed by atoms with Gasteiger partial charge in [0, 0.05) is 25.7 Å². The number of hydrogen-bond donors (Lipinski definition) is 1. The zero-order chi connectivity index (χ0) is 12.2. The number of nitrogens with zero attached hydrogens (tertiary/aromatic N) is 1. The van der Waals surface area contributed by atoms with Crippen LogP contribution in [-0.4, -0.2) is 43.8 Å². The van der Waals surface area contributed by atoms with Crippen molar-refractivity contribution in [1.82, 2.24) is 10.2 Å². The molecule has 1 aromatic carbocycles. The highest BCUT2D eigenvalue weighted by atomic mass is 35.5. The van der Waals surface area contributed by atoms with Gasteiger partial charge >= 0.3 is 0 Å². The molecule has 1 aromatic rings. The summed E-state index contributed by atoms with van der Waals surface area (Å²) >= 11 is 0. The van der Waals surface area contributed by atoms with E-state index in [4.69, 9.17) is 4.74 Å². The molecule has 2 aliphatic rings. The zero-order valence-corrected chi connectivity index (χ0v) is 12.1. The van der Waals surface area contributed by atoms with E-state index in [1.807, 2.05) is 0 Å². The second-order valence-corrected chi connectivity index (χ2v) is 5.29. The maximum atomic E-state index is 5.38. The predicted molar refractivity (Wildman–Crippen MR) is 79.9 cm³/mol. The third kappa shape index (κ3) is 3.93. The maximum Gasteiger partial charge on any atom is 0.0594 e. The minimum atomic E-state index is 0. The first-order chi connectivity index (χ1) is 8.92. The van der Waals surface area contributed by atoms with E-state index >= 15 is 0 Å². The van der Waals surface area contributed by atoms with Crippen LogP contribution in [0.4, 0.5) is 0 Å². The van der Waals surface area contributed by atoms with E-state index in [0.717, 1.165) is 32.8 Å². The molecule has 0 amide bonds. The summed E-state index contributed by atoms with van der Waals surface area (Å²) in [5.41, 5.74) is 3.00. The maximum absolute atomic E-state index is 5.38. The molecule has 0 radical (unpaired) electrons. The number of hydrogen-bond acceptors (Lipinski definition) is 3. The lowest BCUT2D eigenvalue weighted by Gasteiger charge is -2.31. The van der Waals surface area contributed by atoms with Crippen LogP contribution in [0.1, 0.15) is 17.5 Å². The lowest BCUT2D eigenvalue weighted by molar-refractivity contribution is 0.0360. The molecule has 106 valence electrons. The van der Waals surface area contributed by atoms with Crippen molar-refractivity contribution >= 4 is 12.4 Å². The van der Waals surface area contributed by atoms with Gasteiger partial charge in [0.25, 0.3) is 0 Å². The molecule has 1 fully saturated rings. The third-order valence-corrected chi connectivity index (χ3v) is 4.06. The highest BCUT2D eigenvalue weighted by molar-refractivity contribution is 5.85. The van der Waals surface area contributed by atoms with Crippen molar-refractivity contribution in [2.24, 2.45) is 0 Å². The van der Waals surface area contributed by atoms with Crippen molar-refractivity contribution in [1.29, 1.82) is 0 Å². The fourth-order valence-electron chi connectivity index (χ4n) is 2.89. The summed E-state index contributed by atoms with van der Waals surface area (Å²) in [6, 6.07) is 9.44. The lowest BCUT2D eigenvalue weighted by atomic mass is 9.94. The van der Waals surface area contributed by atoms with Crippen LogP contribution in [0.3, 0.4) is 0 Å². The van der Waals surface area contributed by atoms with E-state index in [9.17, 15) is 0 Å². The average Bonchev–Trinajstić information content (AvgIpc) is 2.46. The van der Waals surface area contributed by atoms with Gasteiger partial charge in [0.1, 0.15) is 0 Å². The molecule has 1 saturated heterocycles. The van der Waals surface area contributed by atoms with Crippen molar-refractivity contribution < 1.29 is 4.74 Å². The van der Waals surface area contributed by atoms with Crippen molar-refractivity contribution in [2.45, 2.75) is 25.4 Å². The number of halogens is 1. The monoisotopic (exact) mass is 282 g/mol. The molecule has 0 saturated carbocycles. The summed E-state index contributed by atoms with van der Waals surface area (Å²) < 4.78 is 5.38. The van der Waals surface area contributed by atoms with E-state index in [2.05, 4.69) is 34.5 Å². The number of morpholine rings is 1. The minimum Gasteiger partial charge on any atom is -0.379 e. The molecule has 19 heavy (non-hydrogen) atoms. The molecule has 0 aliphatic carbocycles. The topological polar surface area (TPSA) is 24.5 Å². The van der Waals surface area contributed by atoms with E-state index in [1.54, 1.807) is 0 Å². The summed E-state index contributed by atoms with van der Waals surface area (Å²) in [6.07, 6.45) is 2.43. The first-order valence-electron chi connectivity index (χ1n) is 7.02. The Hall–Kier alpha value is -0.610. The molecule has 1 N–H and O–H groups in total. The molecular formula is C15H23ClN2O. The van der Waals surface area contributed by atoms with Crippen LogP contribution in [-0.2, 0) is 17.7 Å². The molecule has 4 heteroatoms. The molecule has 3 rings (SSSR count). The van der Waals surface area contributed by atoms with E-state index in [1.165, 1.54) is 30.5 Å². The van der Waals surface area contributed by atoms with Gasteiger partial charge in [-0.3, -0.25) is 4.90 Å². The SMILES string of the molecule is Cl.c1ccc2c(c1)CNC(CCN1CCOCC1)C2. The number of ether oxygens (including phenoxy) is 1. The second kappa shape index (κ2) is 7.25. The van der Waals surface area contributed by atoms with Crippen LogP contribution in [0.5, 0.6) is 0 Å². The smallest absolute Gasteiger partial charge is 0.0594 e. The fourth-order valence-corrected chi connectivity index (χ4v) is 2.89. The third-order valence-electron chi connectivity index (χ3n) is 4.06. The van der Waals surface area contributed by atoms with E-state index < -0.39 is 0 Å². The highest BCUT2D eigenvalue weighted by Crippen LogP contribution is 2.18. The van der Waals surface area contributed by atoms with Crippen LogP contribution in [0, 0.1) is 0 Å². The molecule has 2 heterocycles. The number of rotatable bonds is 3. The normalized spacial score (nSPS) is 23.5. The van der Waals surface area contributed by atoms with E-state index in [-0.39, 0.29) is 12.4 Å². The van der Waals surface area contributed by atoms with Crippen molar-refractivity contribution in [3.05, 3.63) is 35.4 Å². The standard InChI is InChI=1S/C15H22N2O.ClH/c1-2-4-14-12-16-15(11-13(14)3-1)5-6-17-7-9-18-10-8-17;/h1-4,15-16H,5-12H2;1H. The van der Waals surface area contributed by atoms with Crippen molar-refractivity contribution in [3.63, 3.8) is 0 Å². The molecule has 0 aromatic heterocycles. The molecule has 1 unspecified atom stereocenters. The van der Waals surface area contributed by atoms with Gasteiger partial charge in [0.15, 0.2) is 0 Å². The summed E-state index contributed by atoms with van der Waals surface area (Å²) in [5.74, 6) is 0. The van der Waals surface area contributed by atoms with Crippen molar-refractivity contribution in [3.8, 4) is 0 Å². The Morgan fingerprint density at radius 1 is 1.16 bits per heavy atom. The Morgan fingerprint density at radius 3 is 2.68 bits per heavy atom. The zero-order valence-electron chi connectivity index (χ0n) is 11.3. The Kier molecular flexibility index (Phi) is 5.64. The van der Waals surface area contributed by atoms with E-state index in [0.29, 0.717) is 6.04 Å². The van der Waals surface area contributed by atoms with Crippen LogP contribution < -0.4 is 5.32 Å². The first kappa shape index (κ1) is 14.8. The number of benzene rings is 1. The largest absolute Gasteiger partial charge is 0.379 e. The lowest BCUT2D eigenvalue weighted by Crippen LogP contribution is -2.42. The quantitative estimate of drug-likeness (QED) is 0.916. The van der Waals surface area contributed by atoms with Gasteiger partial charge in [-0.15, -0.1) is 12.4 Å². The number of fused-ring (bicyclic) bond motifs is 1. The van der Waals surface area contributed by atoms with Gasteiger partial charge < -0.3 is 10.1 Å². The Balaban J connectivity index is 0.00000133. The molecule has 2 aliphatic heterocycles. The average molecular weight is 283 g/mol. The minimum absolute atomic E-state index is 0. The molecular weight excluding hydrogens is 260 g/mol. The van der Waals surface area contributed by atoms with Crippen molar-refractivity contribution in [2.75, 3.05) is 32.8 Å². The molecule has 1 atom stereocenters. The van der Waals surface area contributed by atoms with Crippen LogP contribution in [0.15, 0.2) is 24.3 Å². The Labute approximate surface area is 121 Å². The fraction of sp³-hybridized carbons (Fsp3) is 0.600. The first-order valence-corrected chi connectivity index (χ1v) is 7.02. The molecule has 0 bridgehead atoms. The molecule has 0 spiro atoms. The van der Waals surface area contributed by atoms with Crippen LogP contribution >= 0.6 is 12.4 Å². The summed E-state index contributed by atoms with van der Waals surface area (Å²) in [7, 11) is 0. The van der Waals surface area contributed by atoms with Crippen LogP contribution in [0.2, 0.25) is 0 Å². The summed E-state index contributed by atoms with van der Waals surface area (Å²) in [6.45, 7) is 6.24. The predicted octanol–water partition coefficient (Wildman–Crippen LogP) is 1.84. The summed E-state index contributed by atoms with van der Waals surface area (Å²) in [4.78, 5) is 2.52. The highest BCUT2D eigenvalue weighted by Gasteiger charge is 2.18. The van der Waals surface area contributed by atoms with Gasteiger partial charge in [0.05, 0.1) is 13.2 Å². The summed E-state index contributed by atoms with van der Waals surface area (Å²) in [5, 5.41) is 3.66.